The van der Waals surface area contributed by atoms with E-state index in [0.29, 0.717) is 13.0 Å². The van der Waals surface area contributed by atoms with E-state index in [-0.39, 0.29) is 0 Å². The highest BCUT2D eigenvalue weighted by atomic mass is 16.4. The molecule has 0 saturated carbocycles. The molecule has 0 bridgehead atoms. The van der Waals surface area contributed by atoms with Gasteiger partial charge in [-0.2, -0.15) is 0 Å². The first-order valence-electron chi connectivity index (χ1n) is 19.3. The lowest BCUT2D eigenvalue weighted by molar-refractivity contribution is -0.137. The van der Waals surface area contributed by atoms with Crippen molar-refractivity contribution in [2.45, 2.75) is 219 Å². The molecule has 2 N–H and O–H groups in total. The van der Waals surface area contributed by atoms with Crippen LogP contribution in [0.15, 0.2) is 24.3 Å². The lowest BCUT2D eigenvalue weighted by Crippen LogP contribution is -1.93. The molecule has 3 nitrogen and oxygen atoms in total. The zero-order chi connectivity index (χ0) is 31.7. The average Bonchev–Trinajstić information content (AvgIpc) is 3.00. The van der Waals surface area contributed by atoms with E-state index >= 15 is 0 Å². The third kappa shape index (κ3) is 48.0. The van der Waals surface area contributed by atoms with Crippen LogP contribution in [0.2, 0.25) is 0 Å². The molecule has 0 spiro atoms. The van der Waals surface area contributed by atoms with E-state index < -0.39 is 5.97 Å². The van der Waals surface area contributed by atoms with E-state index in [2.05, 4.69) is 38.2 Å². The van der Waals surface area contributed by atoms with Gasteiger partial charge in [0, 0.05) is 13.0 Å². The monoisotopic (exact) mass is 607 g/mol. The summed E-state index contributed by atoms with van der Waals surface area (Å²) in [4.78, 5) is 10.4. The number of carboxylic acids is 1. The molecular formula is C40H78O3. The summed E-state index contributed by atoms with van der Waals surface area (Å²) in [6.07, 6.45) is 50.3. The second-order valence-electron chi connectivity index (χ2n) is 12.8. The predicted molar refractivity (Wildman–Crippen MR) is 192 cm³/mol. The van der Waals surface area contributed by atoms with E-state index in [1.54, 1.807) is 0 Å². The number of rotatable bonds is 34. The number of allylic oxidation sites excluding steroid dienone is 4. The Morgan fingerprint density at radius 2 is 0.651 bits per heavy atom. The van der Waals surface area contributed by atoms with E-state index in [1.807, 2.05) is 0 Å². The number of aliphatic hydroxyl groups excluding tert-OH is 1. The van der Waals surface area contributed by atoms with Crippen LogP contribution in [-0.2, 0) is 4.79 Å². The average molecular weight is 607 g/mol. The molecule has 0 heterocycles. The molecule has 0 saturated heterocycles. The molecule has 0 aliphatic heterocycles. The Hall–Kier alpha value is -1.09. The third-order valence-corrected chi connectivity index (χ3v) is 8.32. The van der Waals surface area contributed by atoms with Crippen molar-refractivity contribution in [1.29, 1.82) is 0 Å². The van der Waals surface area contributed by atoms with Crippen LogP contribution in [0.3, 0.4) is 0 Å². The van der Waals surface area contributed by atoms with Gasteiger partial charge in [0.15, 0.2) is 0 Å². The lowest BCUT2D eigenvalue weighted by Gasteiger charge is -2.01. The molecule has 256 valence electrons. The molecule has 0 rings (SSSR count). The minimum atomic E-state index is -0.656. The SMILES string of the molecule is CCCCCCCC/C=C\CCCCCCCCCCCC(=O)O.CCCCCCCC/C=C\CCCCCCCCO. The zero-order valence-electron chi connectivity index (χ0n) is 29.4. The van der Waals surface area contributed by atoms with Crippen LogP contribution in [-0.4, -0.2) is 22.8 Å². The van der Waals surface area contributed by atoms with Crippen LogP contribution in [0.4, 0.5) is 0 Å². The van der Waals surface area contributed by atoms with E-state index in [9.17, 15) is 4.79 Å². The van der Waals surface area contributed by atoms with Gasteiger partial charge in [-0.15, -0.1) is 0 Å². The molecular weight excluding hydrogens is 528 g/mol. The predicted octanol–water partition coefficient (Wildman–Crippen LogP) is 13.7. The standard InChI is InChI=1S/C22H42O2.C18H36O/c1-2-3-4-5-6-7-8-9-10-11-12-13-14-15-16-17-18-19-20-21-22(23)24;1-2-3-4-5-6-7-8-9-10-11-12-13-14-15-16-17-18-19/h9-10H,2-8,11-21H2,1H3,(H,23,24);9-10,19H,2-8,11-18H2,1H3/b2*10-9-. The van der Waals surface area contributed by atoms with Crippen molar-refractivity contribution in [3.63, 3.8) is 0 Å². The number of carboxylic acid groups (broad SMARTS) is 1. The quantitative estimate of drug-likeness (QED) is 0.0566. The minimum Gasteiger partial charge on any atom is -0.481 e. The van der Waals surface area contributed by atoms with Crippen LogP contribution in [0.5, 0.6) is 0 Å². The smallest absolute Gasteiger partial charge is 0.303 e. The normalized spacial score (nSPS) is 11.4. The highest BCUT2D eigenvalue weighted by molar-refractivity contribution is 5.66. The van der Waals surface area contributed by atoms with E-state index in [0.717, 1.165) is 19.3 Å². The number of aliphatic hydroxyl groups is 1. The maximum Gasteiger partial charge on any atom is 0.303 e. The summed E-state index contributed by atoms with van der Waals surface area (Å²) in [6.45, 7) is 4.91. The van der Waals surface area contributed by atoms with Crippen molar-refractivity contribution in [3.05, 3.63) is 24.3 Å². The van der Waals surface area contributed by atoms with Crippen molar-refractivity contribution < 1.29 is 15.0 Å². The lowest BCUT2D eigenvalue weighted by atomic mass is 10.1. The number of hydrogen-bond donors (Lipinski definition) is 2. The van der Waals surface area contributed by atoms with Gasteiger partial charge >= 0.3 is 5.97 Å². The molecule has 0 aliphatic rings. The van der Waals surface area contributed by atoms with Gasteiger partial charge in [0.05, 0.1) is 0 Å². The molecule has 0 aromatic heterocycles. The molecule has 0 aromatic rings. The largest absolute Gasteiger partial charge is 0.481 e. The fraction of sp³-hybridized carbons (Fsp3) is 0.875. The molecule has 0 atom stereocenters. The molecule has 0 aromatic carbocycles. The Bertz CT molecular complexity index is 554. The van der Waals surface area contributed by atoms with Gasteiger partial charge in [-0.3, -0.25) is 4.79 Å². The molecule has 0 amide bonds. The van der Waals surface area contributed by atoms with Crippen LogP contribution in [0, 0.1) is 0 Å². The van der Waals surface area contributed by atoms with E-state index in [1.165, 1.54) is 180 Å². The van der Waals surface area contributed by atoms with Gasteiger partial charge in [-0.25, -0.2) is 0 Å². The van der Waals surface area contributed by atoms with Crippen LogP contribution >= 0.6 is 0 Å². The van der Waals surface area contributed by atoms with Crippen LogP contribution in [0.1, 0.15) is 219 Å². The van der Waals surface area contributed by atoms with Crippen molar-refractivity contribution in [2.24, 2.45) is 0 Å². The molecule has 0 unspecified atom stereocenters. The summed E-state index contributed by atoms with van der Waals surface area (Å²) in [5.41, 5.74) is 0. The Kier molecular flexibility index (Phi) is 44.1. The third-order valence-electron chi connectivity index (χ3n) is 8.32. The summed E-state index contributed by atoms with van der Waals surface area (Å²) < 4.78 is 0. The van der Waals surface area contributed by atoms with Crippen LogP contribution in [0.25, 0.3) is 0 Å². The fourth-order valence-corrected chi connectivity index (χ4v) is 5.41. The Labute approximate surface area is 270 Å². The fourth-order valence-electron chi connectivity index (χ4n) is 5.41. The van der Waals surface area contributed by atoms with Gasteiger partial charge in [-0.1, -0.05) is 173 Å². The van der Waals surface area contributed by atoms with E-state index in [4.69, 9.17) is 10.2 Å². The Morgan fingerprint density at radius 3 is 0.930 bits per heavy atom. The number of aliphatic carboxylic acids is 1. The molecule has 3 heteroatoms. The Balaban J connectivity index is 0. The minimum absolute atomic E-state index is 0.340. The summed E-state index contributed by atoms with van der Waals surface area (Å²) in [5.74, 6) is -0.656. The first-order chi connectivity index (χ1) is 21.2. The summed E-state index contributed by atoms with van der Waals surface area (Å²) in [6, 6.07) is 0. The number of carbonyl (C=O) groups is 1. The second-order valence-corrected chi connectivity index (χ2v) is 12.8. The van der Waals surface area contributed by atoms with Crippen molar-refractivity contribution >= 4 is 5.97 Å². The van der Waals surface area contributed by atoms with Crippen molar-refractivity contribution in [1.82, 2.24) is 0 Å². The molecule has 0 fully saturated rings. The summed E-state index contributed by atoms with van der Waals surface area (Å²) >= 11 is 0. The van der Waals surface area contributed by atoms with Crippen molar-refractivity contribution in [2.75, 3.05) is 6.61 Å². The highest BCUT2D eigenvalue weighted by Crippen LogP contribution is 2.13. The second kappa shape index (κ2) is 43.0. The van der Waals surface area contributed by atoms with Gasteiger partial charge < -0.3 is 10.2 Å². The molecule has 0 aliphatic carbocycles. The maximum absolute atomic E-state index is 10.4. The first-order valence-corrected chi connectivity index (χ1v) is 19.3. The van der Waals surface area contributed by atoms with Gasteiger partial charge in [0.1, 0.15) is 0 Å². The molecule has 43 heavy (non-hydrogen) atoms. The number of hydrogen-bond acceptors (Lipinski definition) is 2. The maximum atomic E-state index is 10.4. The number of unbranched alkanes of at least 4 members (excludes halogenated alkanes) is 27. The van der Waals surface area contributed by atoms with Gasteiger partial charge in [0.2, 0.25) is 0 Å². The van der Waals surface area contributed by atoms with Gasteiger partial charge in [-0.05, 0) is 64.2 Å². The zero-order valence-corrected chi connectivity index (χ0v) is 29.4. The molecule has 0 radical (unpaired) electrons. The first kappa shape index (κ1) is 44.0. The van der Waals surface area contributed by atoms with Crippen LogP contribution < -0.4 is 0 Å². The topological polar surface area (TPSA) is 57.5 Å². The van der Waals surface area contributed by atoms with Gasteiger partial charge in [0.25, 0.3) is 0 Å². The highest BCUT2D eigenvalue weighted by Gasteiger charge is 1.97. The summed E-state index contributed by atoms with van der Waals surface area (Å²) in [7, 11) is 0. The summed E-state index contributed by atoms with van der Waals surface area (Å²) in [5, 5.41) is 17.2. The Morgan fingerprint density at radius 1 is 0.395 bits per heavy atom. The van der Waals surface area contributed by atoms with Crippen molar-refractivity contribution in [3.8, 4) is 0 Å².